The van der Waals surface area contributed by atoms with Crippen LogP contribution in [0.3, 0.4) is 0 Å². The van der Waals surface area contributed by atoms with Crippen LogP contribution in [0.1, 0.15) is 29.2 Å². The molecule has 154 valence electrons. The van der Waals surface area contributed by atoms with E-state index in [4.69, 9.17) is 16.6 Å². The molecular formula is C24H20N4OS2. The van der Waals surface area contributed by atoms with Crippen molar-refractivity contribution >= 4 is 29.1 Å². The molecule has 2 atom stereocenters. The molecule has 0 unspecified atom stereocenters. The minimum atomic E-state index is -0.130. The summed E-state index contributed by atoms with van der Waals surface area (Å²) in [6.07, 6.45) is 3.60. The minimum Gasteiger partial charge on any atom is -0.452 e. The Hall–Kier alpha value is -3.16. The van der Waals surface area contributed by atoms with Gasteiger partial charge in [0.05, 0.1) is 24.0 Å². The van der Waals surface area contributed by atoms with Crippen molar-refractivity contribution in [3.8, 4) is 0 Å². The first-order valence-corrected chi connectivity index (χ1v) is 11.2. The van der Waals surface area contributed by atoms with E-state index >= 15 is 0 Å². The maximum atomic E-state index is 6.31. The first-order valence-electron chi connectivity index (χ1n) is 9.98. The molecule has 0 amide bonds. The molecule has 3 aromatic heterocycles. The molecule has 0 bridgehead atoms. The van der Waals surface area contributed by atoms with Crippen LogP contribution in [0.2, 0.25) is 0 Å². The number of furan rings is 1. The zero-order valence-corrected chi connectivity index (χ0v) is 18.2. The molecule has 4 heterocycles. The molecule has 0 radical (unpaired) electrons. The van der Waals surface area contributed by atoms with Gasteiger partial charge in [-0.25, -0.2) is 0 Å². The fourth-order valence-electron chi connectivity index (χ4n) is 3.70. The first-order chi connectivity index (χ1) is 15.3. The number of hydrogen-bond acceptors (Lipinski definition) is 5. The van der Waals surface area contributed by atoms with Crippen molar-refractivity contribution in [3.05, 3.63) is 108 Å². The highest BCUT2D eigenvalue weighted by atomic mass is 32.2. The Kier molecular flexibility index (Phi) is 5.69. The number of nitrogens with zero attached hydrogens (tertiary/aromatic N) is 3. The fraction of sp³-hybridized carbons (Fsp3) is 0.125. The number of thiocarbonyl (C=S) groups is 1. The zero-order valence-electron chi connectivity index (χ0n) is 16.6. The van der Waals surface area contributed by atoms with Crippen molar-refractivity contribution in [2.24, 2.45) is 0 Å². The smallest absolute Gasteiger partial charge is 0.170 e. The van der Waals surface area contributed by atoms with Crippen LogP contribution in [0.25, 0.3) is 0 Å². The Labute approximate surface area is 190 Å². The van der Waals surface area contributed by atoms with Gasteiger partial charge in [-0.3, -0.25) is 9.97 Å². The monoisotopic (exact) mass is 444 g/mol. The van der Waals surface area contributed by atoms with Crippen molar-refractivity contribution < 1.29 is 4.42 Å². The lowest BCUT2D eigenvalue weighted by atomic mass is 10.0. The number of aromatic nitrogens is 2. The van der Waals surface area contributed by atoms with Gasteiger partial charge in [-0.1, -0.05) is 42.1 Å². The van der Waals surface area contributed by atoms with Crippen molar-refractivity contribution in [2.45, 2.75) is 28.6 Å². The second-order valence-corrected chi connectivity index (χ2v) is 8.61. The summed E-state index contributed by atoms with van der Waals surface area (Å²) in [6, 6.07) is 25.8. The molecule has 1 saturated heterocycles. The van der Waals surface area contributed by atoms with Gasteiger partial charge in [-0.15, -0.1) is 0 Å². The van der Waals surface area contributed by atoms with E-state index < -0.39 is 0 Å². The van der Waals surface area contributed by atoms with E-state index in [-0.39, 0.29) is 12.1 Å². The Morgan fingerprint density at radius 2 is 1.68 bits per heavy atom. The van der Waals surface area contributed by atoms with Gasteiger partial charge >= 0.3 is 0 Å². The lowest BCUT2D eigenvalue weighted by Gasteiger charge is -2.25. The minimum absolute atomic E-state index is 0.113. The molecule has 1 aliphatic heterocycles. The van der Waals surface area contributed by atoms with Crippen LogP contribution in [0.15, 0.2) is 106 Å². The Morgan fingerprint density at radius 3 is 2.42 bits per heavy atom. The van der Waals surface area contributed by atoms with Crippen molar-refractivity contribution in [1.82, 2.24) is 20.2 Å². The molecule has 5 rings (SSSR count). The van der Waals surface area contributed by atoms with Crippen LogP contribution in [0, 0.1) is 0 Å². The van der Waals surface area contributed by atoms with Crippen LogP contribution in [-0.2, 0) is 6.54 Å². The summed E-state index contributed by atoms with van der Waals surface area (Å²) in [6.45, 7) is 0.586. The third kappa shape index (κ3) is 4.33. The van der Waals surface area contributed by atoms with Crippen molar-refractivity contribution in [1.29, 1.82) is 0 Å². The second-order valence-electron chi connectivity index (χ2n) is 7.15. The van der Waals surface area contributed by atoms with E-state index in [1.165, 1.54) is 0 Å². The van der Waals surface area contributed by atoms with E-state index in [9.17, 15) is 0 Å². The molecule has 1 N–H and O–H groups in total. The third-order valence-electron chi connectivity index (χ3n) is 5.11. The number of hydrogen-bond donors (Lipinski definition) is 1. The number of nitrogens with one attached hydrogen (secondary N) is 1. The lowest BCUT2D eigenvalue weighted by Crippen LogP contribution is -2.29. The summed E-state index contributed by atoms with van der Waals surface area (Å²) in [5, 5.41) is 4.96. The summed E-state index contributed by atoms with van der Waals surface area (Å²) in [5.74, 6) is 0.845. The van der Waals surface area contributed by atoms with Crippen molar-refractivity contribution in [3.63, 3.8) is 0 Å². The predicted molar refractivity (Wildman–Crippen MR) is 125 cm³/mol. The summed E-state index contributed by atoms with van der Waals surface area (Å²) < 4.78 is 6.31. The molecule has 4 aromatic rings. The standard InChI is InChI=1S/C24H20N4OS2/c30-24-27-22(19-11-5-7-15-26-19)23(28(24)16-17-8-4-6-14-25-17)20-12-13-21(29-20)31-18-9-2-1-3-10-18/h1-15,22-23H,16H2,(H,27,30)/t22-,23+/m1/s1. The summed E-state index contributed by atoms with van der Waals surface area (Å²) in [4.78, 5) is 12.3. The van der Waals surface area contributed by atoms with Gasteiger partial charge in [0.1, 0.15) is 11.8 Å². The summed E-state index contributed by atoms with van der Waals surface area (Å²) in [5.41, 5.74) is 1.87. The highest BCUT2D eigenvalue weighted by molar-refractivity contribution is 7.99. The fourth-order valence-corrected chi connectivity index (χ4v) is 4.81. The van der Waals surface area contributed by atoms with Gasteiger partial charge in [0.2, 0.25) is 0 Å². The van der Waals surface area contributed by atoms with E-state index in [0.717, 1.165) is 27.1 Å². The number of benzene rings is 1. The van der Waals surface area contributed by atoms with E-state index in [1.54, 1.807) is 24.2 Å². The molecule has 1 fully saturated rings. The molecule has 1 aromatic carbocycles. The van der Waals surface area contributed by atoms with Gasteiger partial charge in [-0.2, -0.15) is 0 Å². The van der Waals surface area contributed by atoms with Crippen LogP contribution in [0.4, 0.5) is 0 Å². The highest BCUT2D eigenvalue weighted by Gasteiger charge is 2.41. The summed E-state index contributed by atoms with van der Waals surface area (Å²) in [7, 11) is 0. The van der Waals surface area contributed by atoms with Crippen molar-refractivity contribution in [2.75, 3.05) is 0 Å². The molecule has 31 heavy (non-hydrogen) atoms. The average Bonchev–Trinajstić information content (AvgIpc) is 3.40. The quantitative estimate of drug-likeness (QED) is 0.400. The predicted octanol–water partition coefficient (Wildman–Crippen LogP) is 5.39. The van der Waals surface area contributed by atoms with Gasteiger partial charge in [0, 0.05) is 17.3 Å². The topological polar surface area (TPSA) is 54.2 Å². The Bertz CT molecular complexity index is 1150. The second kappa shape index (κ2) is 8.91. The maximum absolute atomic E-state index is 6.31. The third-order valence-corrected chi connectivity index (χ3v) is 6.39. The van der Waals surface area contributed by atoms with Gasteiger partial charge in [0.25, 0.3) is 0 Å². The van der Waals surface area contributed by atoms with E-state index in [2.05, 4.69) is 32.3 Å². The number of rotatable bonds is 6. The maximum Gasteiger partial charge on any atom is 0.170 e. The zero-order chi connectivity index (χ0) is 21.0. The molecule has 7 heteroatoms. The molecule has 0 aliphatic carbocycles. The van der Waals surface area contributed by atoms with Gasteiger partial charge < -0.3 is 14.6 Å². The van der Waals surface area contributed by atoms with Gasteiger partial charge in [-0.05, 0) is 60.7 Å². The Morgan fingerprint density at radius 1 is 0.903 bits per heavy atom. The largest absolute Gasteiger partial charge is 0.452 e. The molecule has 5 nitrogen and oxygen atoms in total. The molecule has 0 spiro atoms. The molecule has 1 aliphatic rings. The Balaban J connectivity index is 1.48. The number of pyridine rings is 2. The van der Waals surface area contributed by atoms with Gasteiger partial charge in [0.15, 0.2) is 10.2 Å². The van der Waals surface area contributed by atoms with Crippen LogP contribution in [0.5, 0.6) is 0 Å². The average molecular weight is 445 g/mol. The lowest BCUT2D eigenvalue weighted by molar-refractivity contribution is 0.253. The van der Waals surface area contributed by atoms with Crippen LogP contribution >= 0.6 is 24.0 Å². The van der Waals surface area contributed by atoms with E-state index in [1.807, 2.05) is 66.7 Å². The molecular weight excluding hydrogens is 424 g/mol. The highest BCUT2D eigenvalue weighted by Crippen LogP contribution is 2.41. The molecule has 0 saturated carbocycles. The summed E-state index contributed by atoms with van der Waals surface area (Å²) >= 11 is 7.32. The first kappa shape index (κ1) is 19.8. The van der Waals surface area contributed by atoms with Crippen LogP contribution < -0.4 is 5.32 Å². The normalized spacial score (nSPS) is 18.2. The van der Waals surface area contributed by atoms with Crippen LogP contribution in [-0.4, -0.2) is 20.0 Å². The van der Waals surface area contributed by atoms with E-state index in [0.29, 0.717) is 11.7 Å². The SMILES string of the molecule is S=C1N[C@H](c2ccccn2)[C@H](c2ccc(Sc3ccccc3)o2)N1Cc1ccccn1.